The van der Waals surface area contributed by atoms with Crippen LogP contribution in [0.25, 0.3) is 66.0 Å². The lowest BCUT2D eigenvalue weighted by molar-refractivity contribution is 0.669. The van der Waals surface area contributed by atoms with Crippen molar-refractivity contribution in [3.05, 3.63) is 109 Å². The van der Waals surface area contributed by atoms with Gasteiger partial charge in [0.25, 0.3) is 0 Å². The van der Waals surface area contributed by atoms with E-state index in [1.165, 1.54) is 10.8 Å². The standard InChI is InChI=1S/C31H17N3O/c32-18-21-16-20(14-15-33-21)26-10-5-11-27(34-26)25-17-29-31(24-9-4-3-8-23(24)25)30-22-7-2-1-6-19(22)12-13-28(30)35-29/h1-17H. The number of fused-ring (bicyclic) bond motifs is 7. The Balaban J connectivity index is 1.53. The van der Waals surface area contributed by atoms with Crippen LogP contribution in [-0.4, -0.2) is 9.97 Å². The summed E-state index contributed by atoms with van der Waals surface area (Å²) in [5, 5.41) is 16.1. The van der Waals surface area contributed by atoms with Crippen molar-refractivity contribution in [1.82, 2.24) is 9.97 Å². The molecule has 3 heterocycles. The van der Waals surface area contributed by atoms with Crippen molar-refractivity contribution >= 4 is 43.5 Å². The molecule has 0 radical (unpaired) electrons. The van der Waals surface area contributed by atoms with Gasteiger partial charge in [-0.05, 0) is 57.9 Å². The molecule has 0 atom stereocenters. The summed E-state index contributed by atoms with van der Waals surface area (Å²) in [6, 6.07) is 34.8. The van der Waals surface area contributed by atoms with E-state index in [-0.39, 0.29) is 0 Å². The molecule has 0 unspecified atom stereocenters. The van der Waals surface area contributed by atoms with E-state index in [2.05, 4.69) is 77.8 Å². The normalized spacial score (nSPS) is 11.4. The van der Waals surface area contributed by atoms with Gasteiger partial charge < -0.3 is 4.42 Å². The van der Waals surface area contributed by atoms with Crippen molar-refractivity contribution in [2.75, 3.05) is 0 Å². The van der Waals surface area contributed by atoms with Crippen molar-refractivity contribution in [1.29, 1.82) is 5.26 Å². The first-order valence-electron chi connectivity index (χ1n) is 11.4. The largest absolute Gasteiger partial charge is 0.456 e. The molecule has 0 bridgehead atoms. The van der Waals surface area contributed by atoms with E-state index in [0.717, 1.165) is 55.2 Å². The lowest BCUT2D eigenvalue weighted by Gasteiger charge is -2.10. The lowest BCUT2D eigenvalue weighted by Crippen LogP contribution is -1.91. The Bertz CT molecular complexity index is 1980. The first-order valence-corrected chi connectivity index (χ1v) is 11.4. The first-order chi connectivity index (χ1) is 17.3. The van der Waals surface area contributed by atoms with E-state index in [0.29, 0.717) is 5.69 Å². The zero-order valence-electron chi connectivity index (χ0n) is 18.6. The summed E-state index contributed by atoms with van der Waals surface area (Å²) >= 11 is 0. The number of hydrogen-bond acceptors (Lipinski definition) is 4. The molecule has 35 heavy (non-hydrogen) atoms. The maximum absolute atomic E-state index is 9.24. The number of nitrogens with zero attached hydrogens (tertiary/aromatic N) is 3. The molecule has 4 heteroatoms. The van der Waals surface area contributed by atoms with Crippen LogP contribution in [0.5, 0.6) is 0 Å². The molecule has 0 saturated carbocycles. The number of pyridine rings is 2. The quantitative estimate of drug-likeness (QED) is 0.270. The number of rotatable bonds is 2. The second-order valence-corrected chi connectivity index (χ2v) is 8.55. The van der Waals surface area contributed by atoms with Crippen LogP contribution in [-0.2, 0) is 0 Å². The van der Waals surface area contributed by atoms with Gasteiger partial charge >= 0.3 is 0 Å². The highest BCUT2D eigenvalue weighted by molar-refractivity contribution is 6.28. The Labute approximate surface area is 200 Å². The van der Waals surface area contributed by atoms with Crippen LogP contribution in [0.15, 0.2) is 108 Å². The third-order valence-electron chi connectivity index (χ3n) is 6.56. The molecule has 4 aromatic carbocycles. The summed E-state index contributed by atoms with van der Waals surface area (Å²) in [6.07, 6.45) is 1.64. The molecule has 0 aliphatic carbocycles. The van der Waals surface area contributed by atoms with Crippen LogP contribution >= 0.6 is 0 Å². The fraction of sp³-hybridized carbons (Fsp3) is 0. The van der Waals surface area contributed by atoms with Crippen LogP contribution in [0.3, 0.4) is 0 Å². The summed E-state index contributed by atoms with van der Waals surface area (Å²) in [5.74, 6) is 0. The fourth-order valence-electron chi connectivity index (χ4n) is 5.01. The Hall–Kier alpha value is -5.01. The minimum atomic E-state index is 0.371. The maximum atomic E-state index is 9.24. The van der Waals surface area contributed by atoms with E-state index < -0.39 is 0 Å². The predicted octanol–water partition coefficient (Wildman–Crippen LogP) is 7.89. The van der Waals surface area contributed by atoms with Gasteiger partial charge in [-0.15, -0.1) is 0 Å². The Morgan fingerprint density at radius 2 is 1.43 bits per heavy atom. The average Bonchev–Trinajstić information content (AvgIpc) is 3.32. The number of hydrogen-bond donors (Lipinski definition) is 0. The topological polar surface area (TPSA) is 62.7 Å². The smallest absolute Gasteiger partial charge is 0.141 e. The maximum Gasteiger partial charge on any atom is 0.141 e. The minimum Gasteiger partial charge on any atom is -0.456 e. The van der Waals surface area contributed by atoms with Gasteiger partial charge in [0.15, 0.2) is 0 Å². The van der Waals surface area contributed by atoms with Crippen LogP contribution in [0, 0.1) is 11.3 Å². The minimum absolute atomic E-state index is 0.371. The van der Waals surface area contributed by atoms with Crippen molar-refractivity contribution in [3.8, 4) is 28.6 Å². The number of furan rings is 1. The van der Waals surface area contributed by atoms with Gasteiger partial charge in [-0.1, -0.05) is 60.7 Å². The van der Waals surface area contributed by atoms with Crippen LogP contribution in [0.1, 0.15) is 5.69 Å². The number of nitriles is 1. The Kier molecular flexibility index (Phi) is 4.18. The van der Waals surface area contributed by atoms with Gasteiger partial charge in [0.05, 0.1) is 11.4 Å². The highest BCUT2D eigenvalue weighted by Crippen LogP contribution is 2.42. The molecule has 0 spiro atoms. The third kappa shape index (κ3) is 2.99. The summed E-state index contributed by atoms with van der Waals surface area (Å²) in [4.78, 5) is 9.05. The lowest BCUT2D eigenvalue weighted by atomic mass is 9.95. The molecule has 7 rings (SSSR count). The van der Waals surface area contributed by atoms with Crippen LogP contribution in [0.4, 0.5) is 0 Å². The van der Waals surface area contributed by atoms with Gasteiger partial charge in [0.2, 0.25) is 0 Å². The Morgan fingerprint density at radius 3 is 2.31 bits per heavy atom. The molecule has 3 aromatic heterocycles. The third-order valence-corrected chi connectivity index (χ3v) is 6.56. The van der Waals surface area contributed by atoms with Crippen molar-refractivity contribution in [2.24, 2.45) is 0 Å². The second-order valence-electron chi connectivity index (χ2n) is 8.55. The highest BCUT2D eigenvalue weighted by Gasteiger charge is 2.17. The number of aromatic nitrogens is 2. The zero-order chi connectivity index (χ0) is 23.4. The van der Waals surface area contributed by atoms with E-state index >= 15 is 0 Å². The molecule has 0 fully saturated rings. The summed E-state index contributed by atoms with van der Waals surface area (Å²) in [5.41, 5.74) is 5.60. The zero-order valence-corrected chi connectivity index (χ0v) is 18.6. The SMILES string of the molecule is N#Cc1cc(-c2cccc(-c3cc4oc5ccc6ccccc6c5c4c4ccccc34)n2)ccn1. The molecular weight excluding hydrogens is 430 g/mol. The van der Waals surface area contributed by atoms with Crippen LogP contribution < -0.4 is 0 Å². The summed E-state index contributed by atoms with van der Waals surface area (Å²) in [6.45, 7) is 0. The molecular formula is C31H17N3O. The Morgan fingerprint density at radius 1 is 0.657 bits per heavy atom. The molecule has 0 saturated heterocycles. The molecule has 0 aliphatic heterocycles. The van der Waals surface area contributed by atoms with Crippen LogP contribution in [0.2, 0.25) is 0 Å². The predicted molar refractivity (Wildman–Crippen MR) is 140 cm³/mol. The van der Waals surface area contributed by atoms with E-state index in [1.807, 2.05) is 24.3 Å². The monoisotopic (exact) mass is 447 g/mol. The second kappa shape index (κ2) is 7.51. The van der Waals surface area contributed by atoms with Gasteiger partial charge in [0, 0.05) is 28.1 Å². The van der Waals surface area contributed by atoms with Crippen molar-refractivity contribution in [3.63, 3.8) is 0 Å². The van der Waals surface area contributed by atoms with E-state index in [1.54, 1.807) is 12.3 Å². The number of benzene rings is 4. The van der Waals surface area contributed by atoms with Gasteiger partial charge in [-0.25, -0.2) is 9.97 Å². The fourth-order valence-corrected chi connectivity index (χ4v) is 5.01. The first kappa shape index (κ1) is 19.5. The average molecular weight is 447 g/mol. The molecule has 162 valence electrons. The van der Waals surface area contributed by atoms with Crippen molar-refractivity contribution in [2.45, 2.75) is 0 Å². The van der Waals surface area contributed by atoms with E-state index in [4.69, 9.17) is 9.40 Å². The van der Waals surface area contributed by atoms with Gasteiger partial charge in [-0.2, -0.15) is 5.26 Å². The van der Waals surface area contributed by atoms with E-state index in [9.17, 15) is 5.26 Å². The highest BCUT2D eigenvalue weighted by atomic mass is 16.3. The molecule has 7 aromatic rings. The van der Waals surface area contributed by atoms with Crippen molar-refractivity contribution < 1.29 is 4.42 Å². The van der Waals surface area contributed by atoms with Gasteiger partial charge in [-0.3, -0.25) is 0 Å². The summed E-state index contributed by atoms with van der Waals surface area (Å²) < 4.78 is 6.40. The van der Waals surface area contributed by atoms with Gasteiger partial charge in [0.1, 0.15) is 22.9 Å². The molecule has 0 amide bonds. The molecule has 4 nitrogen and oxygen atoms in total. The molecule has 0 aliphatic rings. The molecule has 0 N–H and O–H groups in total. The summed E-state index contributed by atoms with van der Waals surface area (Å²) in [7, 11) is 0.